The highest BCUT2D eigenvalue weighted by Gasteiger charge is 2.22. The van der Waals surface area contributed by atoms with Crippen LogP contribution in [-0.4, -0.2) is 36.8 Å². The highest BCUT2D eigenvalue weighted by Crippen LogP contribution is 2.07. The van der Waals surface area contributed by atoms with Crippen LogP contribution in [0.2, 0.25) is 0 Å². The summed E-state index contributed by atoms with van der Waals surface area (Å²) in [5.74, 6) is -0.666. The van der Waals surface area contributed by atoms with E-state index in [1.807, 2.05) is 0 Å². The van der Waals surface area contributed by atoms with E-state index in [-0.39, 0.29) is 11.8 Å². The minimum atomic E-state index is -0.334. The molecule has 0 aromatic rings. The lowest BCUT2D eigenvalue weighted by Crippen LogP contribution is -2.36. The molecule has 0 radical (unpaired) electrons. The first kappa shape index (κ1) is 8.99. The van der Waals surface area contributed by atoms with Crippen molar-refractivity contribution in [2.75, 3.05) is 20.1 Å². The molecule has 1 amide bonds. The van der Waals surface area contributed by atoms with Gasteiger partial charge in [0, 0.05) is 20.1 Å². The van der Waals surface area contributed by atoms with E-state index in [0.717, 1.165) is 25.9 Å². The van der Waals surface area contributed by atoms with Gasteiger partial charge in [-0.05, 0) is 12.8 Å². The van der Waals surface area contributed by atoms with Gasteiger partial charge in [0.25, 0.3) is 5.90 Å². The average molecular weight is 171 g/mol. The van der Waals surface area contributed by atoms with Crippen LogP contribution < -0.4 is 5.48 Å². The Balaban J connectivity index is 2.40. The predicted octanol–water partition coefficient (Wildman–Crippen LogP) is -0.263. The SMILES string of the molecule is CNOC(=N)C(=O)N1CCCC1. The van der Waals surface area contributed by atoms with E-state index in [1.165, 1.54) is 7.05 Å². The van der Waals surface area contributed by atoms with E-state index in [9.17, 15) is 4.79 Å². The molecule has 1 fully saturated rings. The number of likely N-dealkylation sites (tertiary alicyclic amines) is 1. The number of rotatable bonds is 1. The molecule has 1 aliphatic heterocycles. The molecule has 1 aliphatic rings. The van der Waals surface area contributed by atoms with Gasteiger partial charge >= 0.3 is 5.91 Å². The number of hydrogen-bond acceptors (Lipinski definition) is 4. The molecule has 1 heterocycles. The second kappa shape index (κ2) is 4.06. The summed E-state index contributed by atoms with van der Waals surface area (Å²) in [4.78, 5) is 17.5. The molecule has 0 atom stereocenters. The molecule has 1 saturated heterocycles. The molecule has 0 aromatic heterocycles. The van der Waals surface area contributed by atoms with Crippen LogP contribution in [0.15, 0.2) is 0 Å². The van der Waals surface area contributed by atoms with Gasteiger partial charge in [-0.25, -0.2) is 0 Å². The van der Waals surface area contributed by atoms with Gasteiger partial charge in [0.05, 0.1) is 0 Å². The normalized spacial score (nSPS) is 16.2. The van der Waals surface area contributed by atoms with Gasteiger partial charge in [0.1, 0.15) is 0 Å². The summed E-state index contributed by atoms with van der Waals surface area (Å²) in [6.45, 7) is 1.49. The Bertz CT molecular complexity index is 187. The van der Waals surface area contributed by atoms with Crippen LogP contribution in [0.5, 0.6) is 0 Å². The maximum absolute atomic E-state index is 11.3. The highest BCUT2D eigenvalue weighted by molar-refractivity contribution is 6.33. The van der Waals surface area contributed by atoms with Crippen molar-refractivity contribution in [3.05, 3.63) is 0 Å². The van der Waals surface area contributed by atoms with Gasteiger partial charge in [0.15, 0.2) is 0 Å². The van der Waals surface area contributed by atoms with E-state index in [1.54, 1.807) is 4.90 Å². The summed E-state index contributed by atoms with van der Waals surface area (Å²) in [7, 11) is 1.52. The Kier molecular flexibility index (Phi) is 3.04. The highest BCUT2D eigenvalue weighted by atomic mass is 16.7. The second-order valence-corrected chi connectivity index (χ2v) is 2.63. The quantitative estimate of drug-likeness (QED) is 0.324. The molecule has 0 saturated carbocycles. The van der Waals surface area contributed by atoms with Crippen molar-refractivity contribution < 1.29 is 9.63 Å². The summed E-state index contributed by atoms with van der Waals surface area (Å²) in [6, 6.07) is 0. The van der Waals surface area contributed by atoms with Crippen LogP contribution in [0.1, 0.15) is 12.8 Å². The zero-order valence-corrected chi connectivity index (χ0v) is 7.09. The number of nitrogens with zero attached hydrogens (tertiary/aromatic N) is 1. The zero-order valence-electron chi connectivity index (χ0n) is 7.09. The standard InChI is InChI=1S/C7H13N3O2/c1-9-12-6(8)7(11)10-4-2-3-5-10/h8-9H,2-5H2,1H3. The zero-order chi connectivity index (χ0) is 8.97. The Morgan fingerprint density at radius 2 is 2.08 bits per heavy atom. The van der Waals surface area contributed by atoms with Crippen LogP contribution in [0.4, 0.5) is 0 Å². The molecule has 0 spiro atoms. The first-order valence-corrected chi connectivity index (χ1v) is 3.97. The van der Waals surface area contributed by atoms with Gasteiger partial charge < -0.3 is 9.74 Å². The molecule has 0 unspecified atom stereocenters. The van der Waals surface area contributed by atoms with Gasteiger partial charge in [-0.2, -0.15) is 5.48 Å². The van der Waals surface area contributed by atoms with Crippen molar-refractivity contribution in [2.45, 2.75) is 12.8 Å². The Morgan fingerprint density at radius 1 is 1.50 bits per heavy atom. The van der Waals surface area contributed by atoms with Crippen LogP contribution in [-0.2, 0) is 9.63 Å². The lowest BCUT2D eigenvalue weighted by Gasteiger charge is -2.14. The van der Waals surface area contributed by atoms with Crippen LogP contribution in [0.3, 0.4) is 0 Å². The van der Waals surface area contributed by atoms with Crippen molar-refractivity contribution in [1.29, 1.82) is 5.41 Å². The predicted molar refractivity (Wildman–Crippen MR) is 43.7 cm³/mol. The van der Waals surface area contributed by atoms with E-state index >= 15 is 0 Å². The third kappa shape index (κ3) is 1.94. The smallest absolute Gasteiger partial charge is 0.310 e. The summed E-state index contributed by atoms with van der Waals surface area (Å²) >= 11 is 0. The van der Waals surface area contributed by atoms with Gasteiger partial charge in [-0.3, -0.25) is 10.2 Å². The molecular formula is C7H13N3O2. The van der Waals surface area contributed by atoms with Crippen molar-refractivity contribution in [3.8, 4) is 0 Å². The Labute approximate surface area is 71.1 Å². The van der Waals surface area contributed by atoms with E-state index in [2.05, 4.69) is 10.3 Å². The Morgan fingerprint density at radius 3 is 2.58 bits per heavy atom. The maximum Gasteiger partial charge on any atom is 0.310 e. The first-order chi connectivity index (χ1) is 5.75. The van der Waals surface area contributed by atoms with E-state index in [4.69, 9.17) is 5.41 Å². The van der Waals surface area contributed by atoms with Crippen LogP contribution in [0, 0.1) is 5.41 Å². The minimum absolute atomic E-state index is 0.332. The van der Waals surface area contributed by atoms with Crippen LogP contribution >= 0.6 is 0 Å². The minimum Gasteiger partial charge on any atom is -0.383 e. The van der Waals surface area contributed by atoms with Gasteiger partial charge in [0.2, 0.25) is 0 Å². The molecular weight excluding hydrogens is 158 g/mol. The number of nitrogens with one attached hydrogen (secondary N) is 2. The Hall–Kier alpha value is -1.10. The molecule has 0 aliphatic carbocycles. The van der Waals surface area contributed by atoms with Crippen LogP contribution in [0.25, 0.3) is 0 Å². The largest absolute Gasteiger partial charge is 0.383 e. The average Bonchev–Trinajstić information content (AvgIpc) is 2.55. The lowest BCUT2D eigenvalue weighted by atomic mass is 10.4. The number of hydroxylamine groups is 1. The third-order valence-corrected chi connectivity index (χ3v) is 1.79. The summed E-state index contributed by atoms with van der Waals surface area (Å²) in [5.41, 5.74) is 2.30. The summed E-state index contributed by atoms with van der Waals surface area (Å²) < 4.78 is 0. The van der Waals surface area contributed by atoms with Crippen molar-refractivity contribution in [1.82, 2.24) is 10.4 Å². The molecule has 2 N–H and O–H groups in total. The molecule has 0 aromatic carbocycles. The van der Waals surface area contributed by atoms with E-state index in [0.29, 0.717) is 0 Å². The van der Waals surface area contributed by atoms with Crippen molar-refractivity contribution in [2.24, 2.45) is 0 Å². The lowest BCUT2D eigenvalue weighted by molar-refractivity contribution is -0.125. The molecule has 1 rings (SSSR count). The summed E-state index contributed by atoms with van der Waals surface area (Å²) in [6.07, 6.45) is 2.05. The fraction of sp³-hybridized carbons (Fsp3) is 0.714. The van der Waals surface area contributed by atoms with Gasteiger partial charge in [-0.1, -0.05) is 0 Å². The number of amides is 1. The first-order valence-electron chi connectivity index (χ1n) is 3.97. The fourth-order valence-corrected chi connectivity index (χ4v) is 1.21. The second-order valence-electron chi connectivity index (χ2n) is 2.63. The number of hydrogen-bond donors (Lipinski definition) is 2. The van der Waals surface area contributed by atoms with E-state index < -0.39 is 0 Å². The van der Waals surface area contributed by atoms with Crippen molar-refractivity contribution >= 4 is 11.8 Å². The topological polar surface area (TPSA) is 65.4 Å². The molecule has 5 nitrogen and oxygen atoms in total. The molecule has 5 heteroatoms. The fourth-order valence-electron chi connectivity index (χ4n) is 1.21. The molecule has 68 valence electrons. The summed E-state index contributed by atoms with van der Waals surface area (Å²) in [5, 5.41) is 7.18. The number of carbonyl (C=O) groups excluding carboxylic acids is 1. The third-order valence-electron chi connectivity index (χ3n) is 1.79. The monoisotopic (exact) mass is 171 g/mol. The molecule has 12 heavy (non-hydrogen) atoms. The van der Waals surface area contributed by atoms with Gasteiger partial charge in [-0.15, -0.1) is 0 Å². The van der Waals surface area contributed by atoms with Crippen molar-refractivity contribution in [3.63, 3.8) is 0 Å². The maximum atomic E-state index is 11.3. The number of carbonyl (C=O) groups is 1. The molecule has 0 bridgehead atoms.